The number of hydrogen-bond acceptors (Lipinski definition) is 4. The average Bonchev–Trinajstić information content (AvgIpc) is 2.88. The predicted octanol–water partition coefficient (Wildman–Crippen LogP) is 4.23. The van der Waals surface area contributed by atoms with Gasteiger partial charge in [-0.2, -0.15) is 11.8 Å². The van der Waals surface area contributed by atoms with E-state index in [4.69, 9.17) is 16.3 Å². The molecule has 1 aromatic rings. The minimum Gasteiger partial charge on any atom is -0.444 e. The van der Waals surface area contributed by atoms with Crippen molar-refractivity contribution in [2.75, 3.05) is 18.8 Å². The molecule has 1 aliphatic heterocycles. The first-order valence-corrected chi connectivity index (χ1v) is 9.03. The molecule has 22 heavy (non-hydrogen) atoms. The summed E-state index contributed by atoms with van der Waals surface area (Å²) < 4.78 is 5.41. The number of amides is 1. The second-order valence-electron chi connectivity index (χ2n) is 6.59. The highest BCUT2D eigenvalue weighted by Gasteiger charge is 2.29. The molecule has 1 saturated heterocycles. The molecule has 0 aliphatic carbocycles. The van der Waals surface area contributed by atoms with Crippen LogP contribution in [0.25, 0.3) is 0 Å². The Kier molecular flexibility index (Phi) is 5.98. The van der Waals surface area contributed by atoms with Gasteiger partial charge in [0, 0.05) is 25.0 Å². The molecular weight excluding hydrogens is 320 g/mol. The van der Waals surface area contributed by atoms with E-state index in [0.717, 1.165) is 31.0 Å². The van der Waals surface area contributed by atoms with Gasteiger partial charge in [0.15, 0.2) is 0 Å². The van der Waals surface area contributed by atoms with Crippen LogP contribution in [0.2, 0.25) is 5.15 Å². The second-order valence-corrected chi connectivity index (χ2v) is 8.00. The summed E-state index contributed by atoms with van der Waals surface area (Å²) in [4.78, 5) is 17.9. The average molecular weight is 343 g/mol. The molecule has 0 aromatic carbocycles. The van der Waals surface area contributed by atoms with Gasteiger partial charge >= 0.3 is 6.09 Å². The van der Waals surface area contributed by atoms with Crippen molar-refractivity contribution in [3.63, 3.8) is 0 Å². The quantitative estimate of drug-likeness (QED) is 0.768. The Bertz CT molecular complexity index is 502. The fraction of sp³-hybridized carbons (Fsp3) is 0.625. The number of halogens is 1. The van der Waals surface area contributed by atoms with Gasteiger partial charge in [0.2, 0.25) is 0 Å². The molecule has 1 unspecified atom stereocenters. The van der Waals surface area contributed by atoms with Crippen molar-refractivity contribution >= 4 is 29.5 Å². The highest BCUT2D eigenvalue weighted by Crippen LogP contribution is 2.24. The standard InChI is InChI=1S/C16H23ClN2O2S/c1-16(2,3)21-15(20)19-7-6-13(9-19)11-22-10-12-4-5-14(17)18-8-12/h4-5,8,13H,6-7,9-11H2,1-3H3. The Labute approximate surface area is 141 Å². The molecule has 0 N–H and O–H groups in total. The highest BCUT2D eigenvalue weighted by atomic mass is 35.5. The van der Waals surface area contributed by atoms with Gasteiger partial charge in [-0.3, -0.25) is 0 Å². The summed E-state index contributed by atoms with van der Waals surface area (Å²) in [6.07, 6.45) is 2.67. The lowest BCUT2D eigenvalue weighted by Crippen LogP contribution is -2.35. The minimum absolute atomic E-state index is 0.193. The monoisotopic (exact) mass is 342 g/mol. The zero-order valence-electron chi connectivity index (χ0n) is 13.3. The molecule has 1 atom stereocenters. The minimum atomic E-state index is -0.425. The normalized spacial score (nSPS) is 18.5. The summed E-state index contributed by atoms with van der Waals surface area (Å²) in [7, 11) is 0. The lowest BCUT2D eigenvalue weighted by atomic mass is 10.2. The molecule has 4 nitrogen and oxygen atoms in total. The molecule has 122 valence electrons. The van der Waals surface area contributed by atoms with Gasteiger partial charge in [-0.05, 0) is 50.5 Å². The zero-order valence-corrected chi connectivity index (χ0v) is 14.9. The summed E-state index contributed by atoms with van der Waals surface area (Å²) in [6.45, 7) is 7.28. The van der Waals surface area contributed by atoms with E-state index in [9.17, 15) is 4.79 Å². The molecule has 2 rings (SSSR count). The lowest BCUT2D eigenvalue weighted by molar-refractivity contribution is 0.0289. The Morgan fingerprint density at radius 1 is 1.50 bits per heavy atom. The van der Waals surface area contributed by atoms with Crippen molar-refractivity contribution in [2.24, 2.45) is 5.92 Å². The van der Waals surface area contributed by atoms with Crippen molar-refractivity contribution in [1.82, 2.24) is 9.88 Å². The SMILES string of the molecule is CC(C)(C)OC(=O)N1CCC(CSCc2ccc(Cl)nc2)C1. The molecule has 1 fully saturated rings. The smallest absolute Gasteiger partial charge is 0.410 e. The van der Waals surface area contributed by atoms with Gasteiger partial charge < -0.3 is 9.64 Å². The molecular formula is C16H23ClN2O2S. The Balaban J connectivity index is 1.70. The molecule has 0 radical (unpaired) electrons. The van der Waals surface area contributed by atoms with E-state index in [1.807, 2.05) is 55.8 Å². The first kappa shape index (κ1) is 17.4. The van der Waals surface area contributed by atoms with E-state index >= 15 is 0 Å². The van der Waals surface area contributed by atoms with Crippen LogP contribution in [0.15, 0.2) is 18.3 Å². The Morgan fingerprint density at radius 2 is 2.27 bits per heavy atom. The van der Waals surface area contributed by atoms with E-state index in [1.165, 1.54) is 5.56 Å². The maximum Gasteiger partial charge on any atom is 0.410 e. The van der Waals surface area contributed by atoms with Crippen LogP contribution in [0.5, 0.6) is 0 Å². The molecule has 2 heterocycles. The van der Waals surface area contributed by atoms with Crippen LogP contribution in [0.1, 0.15) is 32.8 Å². The van der Waals surface area contributed by atoms with Gasteiger partial charge in [0.05, 0.1) is 0 Å². The maximum absolute atomic E-state index is 12.0. The number of likely N-dealkylation sites (tertiary alicyclic amines) is 1. The third-order valence-electron chi connectivity index (χ3n) is 3.35. The third-order valence-corrected chi connectivity index (χ3v) is 4.82. The van der Waals surface area contributed by atoms with Crippen LogP contribution in [0.3, 0.4) is 0 Å². The third kappa shape index (κ3) is 5.69. The van der Waals surface area contributed by atoms with Gasteiger partial charge in [-0.25, -0.2) is 9.78 Å². The van der Waals surface area contributed by atoms with Crippen molar-refractivity contribution in [3.05, 3.63) is 29.0 Å². The van der Waals surface area contributed by atoms with Gasteiger partial charge in [0.25, 0.3) is 0 Å². The van der Waals surface area contributed by atoms with Gasteiger partial charge in [0.1, 0.15) is 10.8 Å². The summed E-state index contributed by atoms with van der Waals surface area (Å²) in [5, 5.41) is 0.526. The molecule has 6 heteroatoms. The first-order valence-electron chi connectivity index (χ1n) is 7.49. The fourth-order valence-electron chi connectivity index (χ4n) is 2.30. The van der Waals surface area contributed by atoms with Crippen LogP contribution >= 0.6 is 23.4 Å². The number of carbonyl (C=O) groups is 1. The molecule has 0 spiro atoms. The molecule has 0 saturated carbocycles. The van der Waals surface area contributed by atoms with Crippen LogP contribution in [0.4, 0.5) is 4.79 Å². The number of hydrogen-bond donors (Lipinski definition) is 0. The van der Waals surface area contributed by atoms with E-state index in [-0.39, 0.29) is 6.09 Å². The molecule has 1 aromatic heterocycles. The van der Waals surface area contributed by atoms with Crippen molar-refractivity contribution in [3.8, 4) is 0 Å². The van der Waals surface area contributed by atoms with Crippen LogP contribution in [-0.2, 0) is 10.5 Å². The number of thioether (sulfide) groups is 1. The van der Waals surface area contributed by atoms with Crippen molar-refractivity contribution < 1.29 is 9.53 Å². The number of aromatic nitrogens is 1. The second kappa shape index (κ2) is 7.55. The largest absolute Gasteiger partial charge is 0.444 e. The Hall–Kier alpha value is -0.940. The van der Waals surface area contributed by atoms with Crippen LogP contribution < -0.4 is 0 Å². The van der Waals surface area contributed by atoms with E-state index in [0.29, 0.717) is 11.1 Å². The van der Waals surface area contributed by atoms with Crippen LogP contribution in [0, 0.1) is 5.92 Å². The van der Waals surface area contributed by atoms with E-state index in [2.05, 4.69) is 4.98 Å². The molecule has 1 amide bonds. The van der Waals surface area contributed by atoms with Crippen molar-refractivity contribution in [2.45, 2.75) is 38.5 Å². The predicted molar refractivity (Wildman–Crippen MR) is 91.3 cm³/mol. The summed E-state index contributed by atoms with van der Waals surface area (Å²) in [6, 6.07) is 3.82. The van der Waals surface area contributed by atoms with Crippen LogP contribution in [-0.4, -0.2) is 40.4 Å². The summed E-state index contributed by atoms with van der Waals surface area (Å²) in [5.74, 6) is 2.51. The zero-order chi connectivity index (χ0) is 16.2. The number of carbonyl (C=O) groups excluding carboxylic acids is 1. The maximum atomic E-state index is 12.0. The topological polar surface area (TPSA) is 42.4 Å². The number of rotatable bonds is 4. The van der Waals surface area contributed by atoms with Crippen molar-refractivity contribution in [1.29, 1.82) is 0 Å². The summed E-state index contributed by atoms with van der Waals surface area (Å²) >= 11 is 7.65. The van der Waals surface area contributed by atoms with Gasteiger partial charge in [-0.1, -0.05) is 17.7 Å². The number of pyridine rings is 1. The van der Waals surface area contributed by atoms with E-state index in [1.54, 1.807) is 0 Å². The lowest BCUT2D eigenvalue weighted by Gasteiger charge is -2.24. The first-order chi connectivity index (χ1) is 10.3. The Morgan fingerprint density at radius 3 is 2.91 bits per heavy atom. The summed E-state index contributed by atoms with van der Waals surface area (Å²) in [5.41, 5.74) is 0.752. The van der Waals surface area contributed by atoms with Gasteiger partial charge in [-0.15, -0.1) is 0 Å². The highest BCUT2D eigenvalue weighted by molar-refractivity contribution is 7.98. The molecule has 0 bridgehead atoms. The van der Waals surface area contributed by atoms with E-state index < -0.39 is 5.60 Å². The number of nitrogens with zero attached hydrogens (tertiary/aromatic N) is 2. The molecule has 1 aliphatic rings. The fourth-order valence-corrected chi connectivity index (χ4v) is 3.54. The number of ether oxygens (including phenoxy) is 1.